The molecule has 4 heteroatoms. The van der Waals surface area contributed by atoms with Gasteiger partial charge < -0.3 is 0 Å². The summed E-state index contributed by atoms with van der Waals surface area (Å²) in [6.07, 6.45) is 0. The Kier molecular flexibility index (Phi) is 2.42. The third-order valence-corrected chi connectivity index (χ3v) is 2.68. The van der Waals surface area contributed by atoms with Gasteiger partial charge in [-0.1, -0.05) is 0 Å². The van der Waals surface area contributed by atoms with E-state index < -0.39 is 0 Å². The summed E-state index contributed by atoms with van der Waals surface area (Å²) in [7, 11) is 0. The van der Waals surface area contributed by atoms with Gasteiger partial charge in [0.2, 0.25) is 0 Å². The van der Waals surface area contributed by atoms with Crippen LogP contribution in [0.3, 0.4) is 0 Å². The standard InChI is InChI=1S/C9H7BrN2S/c1-6-4-8(12-9(10)11-6)7-2-3-13-5-7/h2-5H,1H3. The van der Waals surface area contributed by atoms with E-state index in [1.54, 1.807) is 11.3 Å². The summed E-state index contributed by atoms with van der Waals surface area (Å²) in [5.41, 5.74) is 3.10. The highest BCUT2D eigenvalue weighted by atomic mass is 79.9. The average Bonchev–Trinajstić information content (AvgIpc) is 2.53. The topological polar surface area (TPSA) is 25.8 Å². The molecule has 2 aromatic rings. The maximum atomic E-state index is 4.29. The first kappa shape index (κ1) is 8.84. The van der Waals surface area contributed by atoms with Crippen LogP contribution in [0.5, 0.6) is 0 Å². The molecular weight excluding hydrogens is 248 g/mol. The van der Waals surface area contributed by atoms with E-state index in [0.717, 1.165) is 17.0 Å². The number of thiophene rings is 1. The molecule has 0 aliphatic heterocycles. The molecule has 0 saturated heterocycles. The zero-order valence-corrected chi connectivity index (χ0v) is 9.39. The van der Waals surface area contributed by atoms with Gasteiger partial charge in [-0.2, -0.15) is 11.3 Å². The number of aryl methyl sites for hydroxylation is 1. The highest BCUT2D eigenvalue weighted by Gasteiger charge is 2.02. The smallest absolute Gasteiger partial charge is 0.197 e. The molecule has 0 aliphatic rings. The van der Waals surface area contributed by atoms with Crippen LogP contribution in [0.2, 0.25) is 0 Å². The Bertz CT molecular complexity index is 391. The fourth-order valence-electron chi connectivity index (χ4n) is 1.09. The first-order valence-electron chi connectivity index (χ1n) is 3.79. The Morgan fingerprint density at radius 2 is 2.23 bits per heavy atom. The molecule has 0 aliphatic carbocycles. The van der Waals surface area contributed by atoms with E-state index in [1.165, 1.54) is 0 Å². The van der Waals surface area contributed by atoms with E-state index in [9.17, 15) is 0 Å². The molecule has 0 atom stereocenters. The molecule has 2 rings (SSSR count). The van der Waals surface area contributed by atoms with E-state index in [-0.39, 0.29) is 0 Å². The van der Waals surface area contributed by atoms with Crippen molar-refractivity contribution in [1.29, 1.82) is 0 Å². The lowest BCUT2D eigenvalue weighted by molar-refractivity contribution is 1.06. The summed E-state index contributed by atoms with van der Waals surface area (Å²) in [4.78, 5) is 8.44. The van der Waals surface area contributed by atoms with Gasteiger partial charge in [-0.05, 0) is 40.4 Å². The van der Waals surface area contributed by atoms with Crippen molar-refractivity contribution in [1.82, 2.24) is 9.97 Å². The second kappa shape index (κ2) is 3.55. The molecule has 0 amide bonds. The van der Waals surface area contributed by atoms with Gasteiger partial charge >= 0.3 is 0 Å². The Hall–Kier alpha value is -0.740. The summed E-state index contributed by atoms with van der Waals surface area (Å²) in [6, 6.07) is 4.03. The van der Waals surface area contributed by atoms with Gasteiger partial charge in [-0.15, -0.1) is 0 Å². The third kappa shape index (κ3) is 1.95. The predicted octanol–water partition coefficient (Wildman–Crippen LogP) is 3.28. The Morgan fingerprint density at radius 1 is 1.38 bits per heavy atom. The SMILES string of the molecule is Cc1cc(-c2ccsc2)nc(Br)n1. The van der Waals surface area contributed by atoms with Gasteiger partial charge in [0, 0.05) is 16.6 Å². The molecule has 0 bridgehead atoms. The monoisotopic (exact) mass is 254 g/mol. The van der Waals surface area contributed by atoms with Gasteiger partial charge in [0.05, 0.1) is 5.69 Å². The highest BCUT2D eigenvalue weighted by Crippen LogP contribution is 2.21. The Balaban J connectivity index is 2.53. The van der Waals surface area contributed by atoms with Crippen molar-refractivity contribution in [2.45, 2.75) is 6.92 Å². The minimum Gasteiger partial charge on any atom is -0.227 e. The van der Waals surface area contributed by atoms with Gasteiger partial charge in [-0.3, -0.25) is 0 Å². The van der Waals surface area contributed by atoms with Gasteiger partial charge in [0.25, 0.3) is 0 Å². The van der Waals surface area contributed by atoms with Crippen LogP contribution in [-0.2, 0) is 0 Å². The van der Waals surface area contributed by atoms with Crippen LogP contribution in [-0.4, -0.2) is 9.97 Å². The van der Waals surface area contributed by atoms with Crippen LogP contribution in [0.4, 0.5) is 0 Å². The quantitative estimate of drug-likeness (QED) is 0.731. The van der Waals surface area contributed by atoms with Gasteiger partial charge in [0.1, 0.15) is 0 Å². The second-order valence-corrected chi connectivity index (χ2v) is 4.16. The molecule has 66 valence electrons. The average molecular weight is 255 g/mol. The van der Waals surface area contributed by atoms with E-state index in [0.29, 0.717) is 4.73 Å². The van der Waals surface area contributed by atoms with E-state index in [1.807, 2.05) is 18.4 Å². The van der Waals surface area contributed by atoms with Crippen molar-refractivity contribution in [3.05, 3.63) is 33.3 Å². The lowest BCUT2D eigenvalue weighted by Gasteiger charge is -1.99. The summed E-state index contributed by atoms with van der Waals surface area (Å²) in [5, 5.41) is 4.12. The third-order valence-electron chi connectivity index (χ3n) is 1.64. The molecule has 0 aromatic carbocycles. The second-order valence-electron chi connectivity index (χ2n) is 2.68. The lowest BCUT2D eigenvalue weighted by Crippen LogP contribution is -1.89. The van der Waals surface area contributed by atoms with Crippen LogP contribution < -0.4 is 0 Å². The van der Waals surface area contributed by atoms with Gasteiger partial charge in [0.15, 0.2) is 4.73 Å². The number of rotatable bonds is 1. The van der Waals surface area contributed by atoms with Crippen molar-refractivity contribution in [3.8, 4) is 11.3 Å². The van der Waals surface area contributed by atoms with Crippen LogP contribution in [0.1, 0.15) is 5.69 Å². The van der Waals surface area contributed by atoms with Gasteiger partial charge in [-0.25, -0.2) is 9.97 Å². The van der Waals surface area contributed by atoms with Crippen LogP contribution in [0, 0.1) is 6.92 Å². The summed E-state index contributed by atoms with van der Waals surface area (Å²) in [5.74, 6) is 0. The Morgan fingerprint density at radius 3 is 2.85 bits per heavy atom. The molecule has 0 spiro atoms. The largest absolute Gasteiger partial charge is 0.227 e. The van der Waals surface area contributed by atoms with Crippen LogP contribution >= 0.6 is 27.3 Å². The first-order chi connectivity index (χ1) is 6.25. The minimum atomic E-state index is 0.647. The fraction of sp³-hybridized carbons (Fsp3) is 0.111. The van der Waals surface area contributed by atoms with Crippen LogP contribution in [0.25, 0.3) is 11.3 Å². The van der Waals surface area contributed by atoms with Crippen LogP contribution in [0.15, 0.2) is 27.6 Å². The molecule has 0 N–H and O–H groups in total. The molecule has 2 nitrogen and oxygen atoms in total. The molecule has 0 radical (unpaired) electrons. The van der Waals surface area contributed by atoms with Crippen molar-refractivity contribution in [2.75, 3.05) is 0 Å². The summed E-state index contributed by atoms with van der Waals surface area (Å²) < 4.78 is 0.647. The number of hydrogen-bond acceptors (Lipinski definition) is 3. The van der Waals surface area contributed by atoms with Crippen molar-refractivity contribution < 1.29 is 0 Å². The maximum absolute atomic E-state index is 4.29. The maximum Gasteiger partial charge on any atom is 0.197 e. The fourth-order valence-corrected chi connectivity index (χ4v) is 2.21. The highest BCUT2D eigenvalue weighted by molar-refractivity contribution is 9.10. The van der Waals surface area contributed by atoms with E-state index >= 15 is 0 Å². The van der Waals surface area contributed by atoms with Crippen molar-refractivity contribution in [2.24, 2.45) is 0 Å². The number of nitrogens with zero attached hydrogens (tertiary/aromatic N) is 2. The predicted molar refractivity (Wildman–Crippen MR) is 57.8 cm³/mol. The normalized spacial score (nSPS) is 10.3. The van der Waals surface area contributed by atoms with E-state index in [4.69, 9.17) is 0 Å². The zero-order chi connectivity index (χ0) is 9.26. The number of aromatic nitrogens is 2. The zero-order valence-electron chi connectivity index (χ0n) is 6.99. The minimum absolute atomic E-state index is 0.647. The lowest BCUT2D eigenvalue weighted by atomic mass is 10.2. The molecule has 0 unspecified atom stereocenters. The van der Waals surface area contributed by atoms with E-state index in [2.05, 4.69) is 37.3 Å². The summed E-state index contributed by atoms with van der Waals surface area (Å²) >= 11 is 4.95. The number of halogens is 1. The first-order valence-corrected chi connectivity index (χ1v) is 5.53. The van der Waals surface area contributed by atoms with Crippen molar-refractivity contribution >= 4 is 27.3 Å². The molecule has 0 fully saturated rings. The number of hydrogen-bond donors (Lipinski definition) is 0. The Labute approximate surface area is 88.8 Å². The molecule has 2 heterocycles. The molecular formula is C9H7BrN2S. The summed E-state index contributed by atoms with van der Waals surface area (Å²) in [6.45, 7) is 1.96. The van der Waals surface area contributed by atoms with Crippen molar-refractivity contribution in [3.63, 3.8) is 0 Å². The molecule has 13 heavy (non-hydrogen) atoms. The molecule has 2 aromatic heterocycles. The molecule has 0 saturated carbocycles.